The standard InChI is InChI=1S/C13H21NO/c1-4-11-6-8-12(9-7-11)15-10(3)13(14)5-2/h6-10,13H,4-5,14H2,1-3H3. The number of nitrogens with two attached hydrogens (primary N) is 1. The fourth-order valence-electron chi connectivity index (χ4n) is 1.44. The molecule has 1 aromatic carbocycles. The molecule has 0 saturated heterocycles. The van der Waals surface area contributed by atoms with Gasteiger partial charge in [0.1, 0.15) is 11.9 Å². The highest BCUT2D eigenvalue weighted by molar-refractivity contribution is 5.27. The number of hydrogen-bond donors (Lipinski definition) is 1. The third kappa shape index (κ3) is 3.56. The first kappa shape index (κ1) is 12.1. The van der Waals surface area contributed by atoms with E-state index >= 15 is 0 Å². The zero-order chi connectivity index (χ0) is 11.3. The first-order valence-electron chi connectivity index (χ1n) is 5.68. The first-order valence-corrected chi connectivity index (χ1v) is 5.68. The summed E-state index contributed by atoms with van der Waals surface area (Å²) in [5.41, 5.74) is 7.22. The molecule has 0 heterocycles. The van der Waals surface area contributed by atoms with Crippen LogP contribution in [-0.4, -0.2) is 12.1 Å². The van der Waals surface area contributed by atoms with Crippen molar-refractivity contribution in [2.24, 2.45) is 5.73 Å². The summed E-state index contributed by atoms with van der Waals surface area (Å²) in [5.74, 6) is 0.906. The summed E-state index contributed by atoms with van der Waals surface area (Å²) in [5, 5.41) is 0. The van der Waals surface area contributed by atoms with Crippen molar-refractivity contribution >= 4 is 0 Å². The smallest absolute Gasteiger partial charge is 0.119 e. The molecule has 1 aromatic rings. The maximum atomic E-state index is 5.90. The lowest BCUT2D eigenvalue weighted by Gasteiger charge is -2.20. The van der Waals surface area contributed by atoms with Crippen molar-refractivity contribution in [3.05, 3.63) is 29.8 Å². The van der Waals surface area contributed by atoms with Crippen molar-refractivity contribution in [2.45, 2.75) is 45.8 Å². The van der Waals surface area contributed by atoms with Crippen LogP contribution in [0.2, 0.25) is 0 Å². The molecule has 0 saturated carbocycles. The fraction of sp³-hybridized carbons (Fsp3) is 0.538. The highest BCUT2D eigenvalue weighted by Crippen LogP contribution is 2.15. The number of benzene rings is 1. The lowest BCUT2D eigenvalue weighted by Crippen LogP contribution is -2.35. The Hall–Kier alpha value is -1.02. The van der Waals surface area contributed by atoms with Crippen LogP contribution in [0.25, 0.3) is 0 Å². The Morgan fingerprint density at radius 1 is 1.20 bits per heavy atom. The lowest BCUT2D eigenvalue weighted by molar-refractivity contribution is 0.187. The van der Waals surface area contributed by atoms with Crippen LogP contribution < -0.4 is 10.5 Å². The highest BCUT2D eigenvalue weighted by Gasteiger charge is 2.11. The number of hydrogen-bond acceptors (Lipinski definition) is 2. The molecule has 84 valence electrons. The average molecular weight is 207 g/mol. The van der Waals surface area contributed by atoms with E-state index in [0.29, 0.717) is 0 Å². The second kappa shape index (κ2) is 5.76. The van der Waals surface area contributed by atoms with Crippen molar-refractivity contribution in [1.29, 1.82) is 0 Å². The molecule has 2 unspecified atom stereocenters. The third-order valence-corrected chi connectivity index (χ3v) is 2.73. The normalized spacial score (nSPS) is 14.7. The van der Waals surface area contributed by atoms with Gasteiger partial charge in [-0.15, -0.1) is 0 Å². The summed E-state index contributed by atoms with van der Waals surface area (Å²) in [6, 6.07) is 8.32. The Morgan fingerprint density at radius 3 is 2.27 bits per heavy atom. The predicted octanol–water partition coefficient (Wildman–Crippen LogP) is 2.75. The summed E-state index contributed by atoms with van der Waals surface area (Å²) in [7, 11) is 0. The van der Waals surface area contributed by atoms with Gasteiger partial charge in [0.15, 0.2) is 0 Å². The largest absolute Gasteiger partial charge is 0.489 e. The molecule has 1 rings (SSSR count). The minimum Gasteiger partial charge on any atom is -0.489 e. The zero-order valence-corrected chi connectivity index (χ0v) is 9.86. The van der Waals surface area contributed by atoms with Crippen LogP contribution in [0.1, 0.15) is 32.8 Å². The molecule has 2 N–H and O–H groups in total. The van der Waals surface area contributed by atoms with E-state index in [1.54, 1.807) is 0 Å². The Morgan fingerprint density at radius 2 is 1.80 bits per heavy atom. The molecule has 0 spiro atoms. The molecule has 15 heavy (non-hydrogen) atoms. The van der Waals surface area contributed by atoms with Crippen molar-refractivity contribution in [3.63, 3.8) is 0 Å². The van der Waals surface area contributed by atoms with Gasteiger partial charge in [0.05, 0.1) is 0 Å². The summed E-state index contributed by atoms with van der Waals surface area (Å²) in [6.45, 7) is 6.23. The van der Waals surface area contributed by atoms with E-state index in [9.17, 15) is 0 Å². The molecule has 0 radical (unpaired) electrons. The monoisotopic (exact) mass is 207 g/mol. The van der Waals surface area contributed by atoms with Gasteiger partial charge < -0.3 is 10.5 Å². The van der Waals surface area contributed by atoms with Crippen LogP contribution in [0.5, 0.6) is 5.75 Å². The topological polar surface area (TPSA) is 35.2 Å². The van der Waals surface area contributed by atoms with Crippen LogP contribution >= 0.6 is 0 Å². The van der Waals surface area contributed by atoms with Gasteiger partial charge in [0.2, 0.25) is 0 Å². The SMILES string of the molecule is CCc1ccc(OC(C)C(N)CC)cc1. The van der Waals surface area contributed by atoms with Gasteiger partial charge in [-0.25, -0.2) is 0 Å². The molecule has 2 atom stereocenters. The van der Waals surface area contributed by atoms with Gasteiger partial charge in [0, 0.05) is 6.04 Å². The molecule has 0 aliphatic carbocycles. The summed E-state index contributed by atoms with van der Waals surface area (Å²) in [6.07, 6.45) is 2.07. The van der Waals surface area contributed by atoms with E-state index in [2.05, 4.69) is 26.0 Å². The molecule has 0 fully saturated rings. The van der Waals surface area contributed by atoms with E-state index in [0.717, 1.165) is 18.6 Å². The molecular formula is C13H21NO. The van der Waals surface area contributed by atoms with Crippen LogP contribution in [0.15, 0.2) is 24.3 Å². The number of ether oxygens (including phenoxy) is 1. The van der Waals surface area contributed by atoms with Crippen LogP contribution in [0.3, 0.4) is 0 Å². The van der Waals surface area contributed by atoms with Gasteiger partial charge in [-0.05, 0) is 37.5 Å². The van der Waals surface area contributed by atoms with Gasteiger partial charge >= 0.3 is 0 Å². The van der Waals surface area contributed by atoms with E-state index < -0.39 is 0 Å². The quantitative estimate of drug-likeness (QED) is 0.805. The van der Waals surface area contributed by atoms with Gasteiger partial charge in [-0.2, -0.15) is 0 Å². The van der Waals surface area contributed by atoms with Gasteiger partial charge in [-0.1, -0.05) is 26.0 Å². The minimum absolute atomic E-state index is 0.0717. The fourth-order valence-corrected chi connectivity index (χ4v) is 1.44. The van der Waals surface area contributed by atoms with Crippen LogP contribution in [0.4, 0.5) is 0 Å². The lowest BCUT2D eigenvalue weighted by atomic mass is 10.1. The zero-order valence-electron chi connectivity index (χ0n) is 9.86. The Kier molecular flexibility index (Phi) is 4.63. The van der Waals surface area contributed by atoms with E-state index in [4.69, 9.17) is 10.5 Å². The Balaban J connectivity index is 2.57. The van der Waals surface area contributed by atoms with E-state index in [-0.39, 0.29) is 12.1 Å². The Labute approximate surface area is 92.4 Å². The van der Waals surface area contributed by atoms with E-state index in [1.807, 2.05) is 19.1 Å². The molecule has 0 aliphatic rings. The number of rotatable bonds is 5. The predicted molar refractivity (Wildman–Crippen MR) is 64.2 cm³/mol. The Bertz CT molecular complexity index is 281. The summed E-state index contributed by atoms with van der Waals surface area (Å²) >= 11 is 0. The second-order valence-corrected chi connectivity index (χ2v) is 3.89. The van der Waals surface area contributed by atoms with Crippen molar-refractivity contribution in [3.8, 4) is 5.75 Å². The summed E-state index contributed by atoms with van der Waals surface area (Å²) < 4.78 is 5.74. The molecule has 2 nitrogen and oxygen atoms in total. The maximum absolute atomic E-state index is 5.90. The molecule has 0 amide bonds. The van der Waals surface area contributed by atoms with Crippen molar-refractivity contribution in [1.82, 2.24) is 0 Å². The van der Waals surface area contributed by atoms with Crippen LogP contribution in [0, 0.1) is 0 Å². The molecule has 0 aliphatic heterocycles. The summed E-state index contributed by atoms with van der Waals surface area (Å²) in [4.78, 5) is 0. The third-order valence-electron chi connectivity index (χ3n) is 2.73. The van der Waals surface area contributed by atoms with Gasteiger partial charge in [0.25, 0.3) is 0 Å². The van der Waals surface area contributed by atoms with Crippen molar-refractivity contribution < 1.29 is 4.74 Å². The second-order valence-electron chi connectivity index (χ2n) is 3.89. The molecule has 0 bridgehead atoms. The maximum Gasteiger partial charge on any atom is 0.119 e. The number of aryl methyl sites for hydroxylation is 1. The van der Waals surface area contributed by atoms with Gasteiger partial charge in [-0.3, -0.25) is 0 Å². The molecular weight excluding hydrogens is 186 g/mol. The van der Waals surface area contributed by atoms with E-state index in [1.165, 1.54) is 5.56 Å². The van der Waals surface area contributed by atoms with Crippen molar-refractivity contribution in [2.75, 3.05) is 0 Å². The van der Waals surface area contributed by atoms with Crippen LogP contribution in [-0.2, 0) is 6.42 Å². The average Bonchev–Trinajstić information content (AvgIpc) is 2.29. The first-order chi connectivity index (χ1) is 7.17. The highest BCUT2D eigenvalue weighted by atomic mass is 16.5. The minimum atomic E-state index is 0.0717. The molecule has 0 aromatic heterocycles. The molecule has 2 heteroatoms.